The average Bonchev–Trinajstić information content (AvgIpc) is 2.45. The Morgan fingerprint density at radius 3 is 2.59 bits per heavy atom. The molecule has 0 saturated heterocycles. The van der Waals surface area contributed by atoms with Crippen LogP contribution >= 0.6 is 35.4 Å². The number of hydrogen-bond acceptors (Lipinski definition) is 3. The molecule has 22 heavy (non-hydrogen) atoms. The molecule has 0 unspecified atom stereocenters. The second-order valence-electron chi connectivity index (χ2n) is 4.41. The molecule has 0 aromatic heterocycles. The standard InChI is InChI=1S/C14H11Cl2N3O2S/c1-8-10(15)3-2-4-12(8)18-14(22)17-9-5-6-11(16)13(7-9)19(20)21/h2-7H,1H3,(H2,17,18,22). The Morgan fingerprint density at radius 2 is 1.91 bits per heavy atom. The first kappa shape index (κ1) is 16.5. The zero-order chi connectivity index (χ0) is 16.3. The van der Waals surface area contributed by atoms with E-state index < -0.39 is 4.92 Å². The van der Waals surface area contributed by atoms with E-state index in [1.54, 1.807) is 18.2 Å². The minimum Gasteiger partial charge on any atom is -0.332 e. The van der Waals surface area contributed by atoms with Gasteiger partial charge in [0.2, 0.25) is 0 Å². The molecule has 0 heterocycles. The fourth-order valence-corrected chi connectivity index (χ4v) is 2.35. The fourth-order valence-electron chi connectivity index (χ4n) is 1.76. The lowest BCUT2D eigenvalue weighted by Gasteiger charge is -2.13. The minimum absolute atomic E-state index is 0.0695. The Kier molecular flexibility index (Phi) is 5.18. The molecule has 0 radical (unpaired) electrons. The molecule has 2 N–H and O–H groups in total. The SMILES string of the molecule is Cc1c(Cl)cccc1NC(=S)Nc1ccc(Cl)c([N+](=O)[O-])c1. The van der Waals surface area contributed by atoms with E-state index in [9.17, 15) is 10.1 Å². The lowest BCUT2D eigenvalue weighted by molar-refractivity contribution is -0.384. The number of halogens is 2. The van der Waals surface area contributed by atoms with Crippen LogP contribution < -0.4 is 10.6 Å². The number of nitrogens with zero attached hydrogens (tertiary/aromatic N) is 1. The van der Waals surface area contributed by atoms with Gasteiger partial charge in [0, 0.05) is 22.5 Å². The van der Waals surface area contributed by atoms with E-state index in [2.05, 4.69) is 10.6 Å². The van der Waals surface area contributed by atoms with Crippen molar-refractivity contribution in [2.45, 2.75) is 6.92 Å². The van der Waals surface area contributed by atoms with E-state index in [1.165, 1.54) is 12.1 Å². The van der Waals surface area contributed by atoms with Gasteiger partial charge in [0.25, 0.3) is 5.69 Å². The molecule has 8 heteroatoms. The van der Waals surface area contributed by atoms with Crippen LogP contribution in [0.2, 0.25) is 10.0 Å². The molecular weight excluding hydrogens is 345 g/mol. The van der Waals surface area contributed by atoms with Crippen molar-refractivity contribution in [1.82, 2.24) is 0 Å². The van der Waals surface area contributed by atoms with Gasteiger partial charge in [-0.15, -0.1) is 0 Å². The van der Waals surface area contributed by atoms with Crippen LogP contribution in [0.1, 0.15) is 5.56 Å². The molecule has 0 aliphatic rings. The Labute approximate surface area is 142 Å². The normalized spacial score (nSPS) is 10.1. The van der Waals surface area contributed by atoms with Crippen LogP contribution in [-0.2, 0) is 0 Å². The molecule has 0 amide bonds. The van der Waals surface area contributed by atoms with Crippen LogP contribution in [0.3, 0.4) is 0 Å². The Morgan fingerprint density at radius 1 is 1.18 bits per heavy atom. The van der Waals surface area contributed by atoms with E-state index in [4.69, 9.17) is 35.4 Å². The van der Waals surface area contributed by atoms with E-state index in [0.717, 1.165) is 11.3 Å². The van der Waals surface area contributed by atoms with E-state index in [1.807, 2.05) is 13.0 Å². The largest absolute Gasteiger partial charge is 0.332 e. The average molecular weight is 356 g/mol. The summed E-state index contributed by atoms with van der Waals surface area (Å²) in [6, 6.07) is 9.78. The Bertz CT molecular complexity index is 753. The minimum atomic E-state index is -0.550. The van der Waals surface area contributed by atoms with E-state index >= 15 is 0 Å². The highest BCUT2D eigenvalue weighted by atomic mass is 35.5. The Balaban J connectivity index is 2.14. The molecule has 2 aromatic rings. The number of nitro benzene ring substituents is 1. The number of anilines is 2. The second-order valence-corrected chi connectivity index (χ2v) is 5.64. The van der Waals surface area contributed by atoms with Gasteiger partial charge in [-0.25, -0.2) is 0 Å². The van der Waals surface area contributed by atoms with Crippen LogP contribution in [0.15, 0.2) is 36.4 Å². The van der Waals surface area contributed by atoms with Crippen molar-refractivity contribution < 1.29 is 4.92 Å². The van der Waals surface area contributed by atoms with Crippen molar-refractivity contribution in [2.24, 2.45) is 0 Å². The van der Waals surface area contributed by atoms with Crippen LogP contribution in [0, 0.1) is 17.0 Å². The van der Waals surface area contributed by atoms with Crippen molar-refractivity contribution in [3.8, 4) is 0 Å². The zero-order valence-corrected chi connectivity index (χ0v) is 13.7. The second kappa shape index (κ2) is 6.91. The molecule has 0 aliphatic carbocycles. The molecular formula is C14H11Cl2N3O2S. The van der Waals surface area contributed by atoms with Crippen molar-refractivity contribution in [2.75, 3.05) is 10.6 Å². The highest BCUT2D eigenvalue weighted by molar-refractivity contribution is 7.80. The predicted molar refractivity (Wildman–Crippen MR) is 94.1 cm³/mol. The first-order chi connectivity index (χ1) is 10.4. The van der Waals surface area contributed by atoms with Gasteiger partial charge in [0.15, 0.2) is 5.11 Å². The maximum absolute atomic E-state index is 10.9. The highest BCUT2D eigenvalue weighted by Gasteiger charge is 2.13. The number of thiocarbonyl (C=S) groups is 1. The molecule has 0 atom stereocenters. The summed E-state index contributed by atoms with van der Waals surface area (Å²) in [7, 11) is 0. The van der Waals surface area contributed by atoms with Crippen molar-refractivity contribution in [1.29, 1.82) is 0 Å². The molecule has 0 fully saturated rings. The third-order valence-electron chi connectivity index (χ3n) is 2.92. The number of hydrogen-bond donors (Lipinski definition) is 2. The first-order valence-corrected chi connectivity index (χ1v) is 7.32. The molecule has 114 valence electrons. The lowest BCUT2D eigenvalue weighted by atomic mass is 10.2. The number of benzene rings is 2. The third kappa shape index (κ3) is 3.85. The molecule has 0 saturated carbocycles. The van der Waals surface area contributed by atoms with Crippen molar-refractivity contribution in [3.63, 3.8) is 0 Å². The van der Waals surface area contributed by atoms with Crippen molar-refractivity contribution >= 4 is 57.6 Å². The fraction of sp³-hybridized carbons (Fsp3) is 0.0714. The van der Waals surface area contributed by atoms with Gasteiger partial charge in [-0.1, -0.05) is 29.3 Å². The number of nitro groups is 1. The summed E-state index contributed by atoms with van der Waals surface area (Å²) in [5, 5.41) is 17.7. The topological polar surface area (TPSA) is 67.2 Å². The predicted octanol–water partition coefficient (Wildman–Crippen LogP) is 5.02. The molecule has 2 aromatic carbocycles. The molecule has 5 nitrogen and oxygen atoms in total. The van der Waals surface area contributed by atoms with Gasteiger partial charge in [0.1, 0.15) is 5.02 Å². The van der Waals surface area contributed by atoms with Gasteiger partial charge < -0.3 is 10.6 Å². The molecule has 0 spiro atoms. The van der Waals surface area contributed by atoms with Gasteiger partial charge >= 0.3 is 0 Å². The van der Waals surface area contributed by atoms with Crippen LogP contribution in [-0.4, -0.2) is 10.0 Å². The van der Waals surface area contributed by atoms with Crippen LogP contribution in [0.5, 0.6) is 0 Å². The van der Waals surface area contributed by atoms with E-state index in [-0.39, 0.29) is 10.7 Å². The Hall–Kier alpha value is -1.89. The van der Waals surface area contributed by atoms with Gasteiger partial charge in [-0.2, -0.15) is 0 Å². The lowest BCUT2D eigenvalue weighted by Crippen LogP contribution is -2.19. The maximum Gasteiger partial charge on any atom is 0.289 e. The monoisotopic (exact) mass is 355 g/mol. The zero-order valence-electron chi connectivity index (χ0n) is 11.4. The summed E-state index contributed by atoms with van der Waals surface area (Å²) < 4.78 is 0. The highest BCUT2D eigenvalue weighted by Crippen LogP contribution is 2.28. The van der Waals surface area contributed by atoms with Crippen molar-refractivity contribution in [3.05, 3.63) is 62.1 Å². The van der Waals surface area contributed by atoms with Crippen LogP contribution in [0.4, 0.5) is 17.1 Å². The number of nitrogens with one attached hydrogen (secondary N) is 2. The van der Waals surface area contributed by atoms with Gasteiger partial charge in [-0.3, -0.25) is 10.1 Å². The van der Waals surface area contributed by atoms with Crippen LogP contribution in [0.25, 0.3) is 0 Å². The number of rotatable bonds is 3. The summed E-state index contributed by atoms with van der Waals surface area (Å²) in [6.07, 6.45) is 0. The summed E-state index contributed by atoms with van der Waals surface area (Å²) >= 11 is 17.0. The summed E-state index contributed by atoms with van der Waals surface area (Å²) in [6.45, 7) is 1.86. The smallest absolute Gasteiger partial charge is 0.289 e. The molecule has 2 rings (SSSR count). The summed E-state index contributed by atoms with van der Waals surface area (Å²) in [5.41, 5.74) is 1.89. The summed E-state index contributed by atoms with van der Waals surface area (Å²) in [5.74, 6) is 0. The quantitative estimate of drug-likeness (QED) is 0.459. The summed E-state index contributed by atoms with van der Waals surface area (Å²) in [4.78, 5) is 10.3. The van der Waals surface area contributed by atoms with Gasteiger partial charge in [0.05, 0.1) is 4.92 Å². The molecule has 0 aliphatic heterocycles. The molecule has 0 bridgehead atoms. The first-order valence-electron chi connectivity index (χ1n) is 6.15. The maximum atomic E-state index is 10.9. The van der Waals surface area contributed by atoms with Gasteiger partial charge in [-0.05, 0) is 49.0 Å². The van der Waals surface area contributed by atoms with E-state index in [0.29, 0.717) is 15.8 Å². The third-order valence-corrected chi connectivity index (χ3v) is 3.85.